The fraction of sp³-hybridized carbons (Fsp3) is 0.214. The monoisotopic (exact) mass is 342 g/mol. The van der Waals surface area contributed by atoms with Gasteiger partial charge >= 0.3 is 0 Å². The van der Waals surface area contributed by atoms with Crippen LogP contribution in [0, 0.1) is 5.82 Å². The van der Waals surface area contributed by atoms with E-state index in [1.807, 2.05) is 0 Å². The van der Waals surface area contributed by atoms with E-state index in [9.17, 15) is 17.6 Å². The number of nitrogens with zero attached hydrogens (tertiary/aromatic N) is 1. The first kappa shape index (κ1) is 16.4. The molecule has 0 spiro atoms. The number of anilines is 1. The quantitative estimate of drug-likeness (QED) is 0.875. The first-order chi connectivity index (χ1) is 10.4. The number of halogens is 1. The van der Waals surface area contributed by atoms with Gasteiger partial charge in [-0.3, -0.25) is 9.10 Å². The molecule has 0 saturated heterocycles. The molecule has 0 unspecified atom stereocenters. The molecule has 1 amide bonds. The predicted octanol–water partition coefficient (Wildman–Crippen LogP) is 2.22. The fourth-order valence-corrected chi connectivity index (χ4v) is 4.35. The van der Waals surface area contributed by atoms with E-state index in [0.29, 0.717) is 6.54 Å². The number of rotatable bonds is 6. The molecule has 1 aromatic carbocycles. The molecule has 1 heterocycles. The Kier molecular flexibility index (Phi) is 5.15. The van der Waals surface area contributed by atoms with Gasteiger partial charge in [0.2, 0.25) is 5.91 Å². The van der Waals surface area contributed by atoms with E-state index in [0.717, 1.165) is 27.8 Å². The van der Waals surface area contributed by atoms with Crippen molar-refractivity contribution in [2.24, 2.45) is 0 Å². The van der Waals surface area contributed by atoms with Gasteiger partial charge in [0, 0.05) is 6.54 Å². The lowest BCUT2D eigenvalue weighted by molar-refractivity contribution is -0.119. The zero-order valence-corrected chi connectivity index (χ0v) is 13.5. The van der Waals surface area contributed by atoms with Crippen molar-refractivity contribution in [3.05, 3.63) is 47.6 Å². The van der Waals surface area contributed by atoms with Crippen molar-refractivity contribution in [1.29, 1.82) is 0 Å². The minimum atomic E-state index is -3.87. The summed E-state index contributed by atoms with van der Waals surface area (Å²) in [5.41, 5.74) is 0.237. The van der Waals surface area contributed by atoms with Crippen molar-refractivity contribution in [1.82, 2.24) is 5.32 Å². The summed E-state index contributed by atoms with van der Waals surface area (Å²) in [4.78, 5) is 11.8. The molecular formula is C14H15FN2O3S2. The summed E-state index contributed by atoms with van der Waals surface area (Å²) in [6.45, 7) is 1.78. The third-order valence-corrected chi connectivity index (χ3v) is 5.96. The Morgan fingerprint density at radius 2 is 1.95 bits per heavy atom. The molecule has 0 saturated carbocycles. The Hall–Kier alpha value is -1.93. The highest BCUT2D eigenvalue weighted by atomic mass is 32.2. The van der Waals surface area contributed by atoms with E-state index < -0.39 is 21.7 Å². The van der Waals surface area contributed by atoms with Crippen molar-refractivity contribution in [3.63, 3.8) is 0 Å². The fourth-order valence-electron chi connectivity index (χ4n) is 1.82. The Morgan fingerprint density at radius 1 is 1.27 bits per heavy atom. The summed E-state index contributed by atoms with van der Waals surface area (Å²) in [5.74, 6) is -0.901. The van der Waals surface area contributed by atoms with E-state index in [1.54, 1.807) is 18.4 Å². The number of hydrogen-bond donors (Lipinski definition) is 1. The summed E-state index contributed by atoms with van der Waals surface area (Å²) >= 11 is 1.06. The van der Waals surface area contributed by atoms with Crippen molar-refractivity contribution in [2.75, 3.05) is 17.4 Å². The highest BCUT2D eigenvalue weighted by Gasteiger charge is 2.27. The standard InChI is InChI=1S/C14H15FN2O3S2/c1-2-16-13(18)10-17(12-7-5-11(15)6-8-12)22(19,20)14-4-3-9-21-14/h3-9H,2,10H2,1H3,(H,16,18). The number of thiophene rings is 1. The van der Waals surface area contributed by atoms with Crippen molar-refractivity contribution in [2.45, 2.75) is 11.1 Å². The van der Waals surface area contributed by atoms with Gasteiger partial charge in [0.05, 0.1) is 5.69 Å². The summed E-state index contributed by atoms with van der Waals surface area (Å²) in [6, 6.07) is 8.06. The minimum absolute atomic E-state index is 0.126. The van der Waals surface area contributed by atoms with E-state index in [1.165, 1.54) is 18.2 Å². The Bertz CT molecular complexity index is 728. The molecule has 0 aliphatic rings. The van der Waals surface area contributed by atoms with Crippen molar-refractivity contribution < 1.29 is 17.6 Å². The van der Waals surface area contributed by atoms with Crippen LogP contribution in [0.15, 0.2) is 46.0 Å². The third kappa shape index (κ3) is 3.63. The lowest BCUT2D eigenvalue weighted by Crippen LogP contribution is -2.40. The highest BCUT2D eigenvalue weighted by Crippen LogP contribution is 2.26. The smallest absolute Gasteiger partial charge is 0.274 e. The van der Waals surface area contributed by atoms with Gasteiger partial charge in [-0.25, -0.2) is 12.8 Å². The molecule has 5 nitrogen and oxygen atoms in total. The number of sulfonamides is 1. The molecule has 0 aliphatic heterocycles. The number of amides is 1. The molecule has 2 rings (SSSR count). The zero-order chi connectivity index (χ0) is 16.2. The Morgan fingerprint density at radius 3 is 2.50 bits per heavy atom. The highest BCUT2D eigenvalue weighted by molar-refractivity contribution is 7.94. The van der Waals surface area contributed by atoms with E-state index in [2.05, 4.69) is 5.32 Å². The van der Waals surface area contributed by atoms with Gasteiger partial charge in [0.25, 0.3) is 10.0 Å². The second-order valence-corrected chi connectivity index (χ2v) is 7.41. The number of carbonyl (C=O) groups is 1. The van der Waals surface area contributed by atoms with Crippen LogP contribution in [-0.4, -0.2) is 27.4 Å². The molecule has 1 aromatic heterocycles. The van der Waals surface area contributed by atoms with Crippen LogP contribution in [0.5, 0.6) is 0 Å². The minimum Gasteiger partial charge on any atom is -0.355 e. The van der Waals surface area contributed by atoms with Crippen LogP contribution in [0.1, 0.15) is 6.92 Å². The van der Waals surface area contributed by atoms with Gasteiger partial charge < -0.3 is 5.32 Å². The maximum Gasteiger partial charge on any atom is 0.274 e. The van der Waals surface area contributed by atoms with Gasteiger partial charge in [-0.05, 0) is 42.6 Å². The molecule has 1 N–H and O–H groups in total. The number of carbonyl (C=O) groups excluding carboxylic acids is 1. The average Bonchev–Trinajstić information content (AvgIpc) is 3.01. The third-order valence-electron chi connectivity index (χ3n) is 2.82. The van der Waals surface area contributed by atoms with Crippen LogP contribution in [0.2, 0.25) is 0 Å². The van der Waals surface area contributed by atoms with Gasteiger partial charge in [-0.2, -0.15) is 0 Å². The van der Waals surface area contributed by atoms with Crippen LogP contribution in [0.3, 0.4) is 0 Å². The molecular weight excluding hydrogens is 327 g/mol. The molecule has 8 heteroatoms. The molecule has 0 fully saturated rings. The molecule has 0 aliphatic carbocycles. The number of likely N-dealkylation sites (N-methyl/N-ethyl adjacent to an activating group) is 1. The number of benzene rings is 1. The van der Waals surface area contributed by atoms with Gasteiger partial charge in [0.15, 0.2) is 0 Å². The summed E-state index contributed by atoms with van der Waals surface area (Å²) in [5, 5.41) is 4.20. The van der Waals surface area contributed by atoms with Crippen molar-refractivity contribution >= 4 is 33.0 Å². The molecule has 118 valence electrons. The SMILES string of the molecule is CCNC(=O)CN(c1ccc(F)cc1)S(=O)(=O)c1cccs1. The lowest BCUT2D eigenvalue weighted by atomic mass is 10.3. The van der Waals surface area contributed by atoms with Crippen molar-refractivity contribution in [3.8, 4) is 0 Å². The lowest BCUT2D eigenvalue weighted by Gasteiger charge is -2.23. The zero-order valence-electron chi connectivity index (χ0n) is 11.8. The van der Waals surface area contributed by atoms with Crippen LogP contribution in [0.4, 0.5) is 10.1 Å². The summed E-state index contributed by atoms with van der Waals surface area (Å²) in [6.07, 6.45) is 0. The van der Waals surface area contributed by atoms with Gasteiger partial charge in [0.1, 0.15) is 16.6 Å². The van der Waals surface area contributed by atoms with Crippen LogP contribution >= 0.6 is 11.3 Å². The molecule has 0 radical (unpaired) electrons. The topological polar surface area (TPSA) is 66.5 Å². The predicted molar refractivity (Wildman–Crippen MR) is 83.9 cm³/mol. The summed E-state index contributed by atoms with van der Waals surface area (Å²) < 4.78 is 39.5. The van der Waals surface area contributed by atoms with Crippen LogP contribution in [0.25, 0.3) is 0 Å². The molecule has 22 heavy (non-hydrogen) atoms. The summed E-state index contributed by atoms with van der Waals surface area (Å²) in [7, 11) is -3.87. The normalized spacial score (nSPS) is 11.2. The van der Waals surface area contributed by atoms with E-state index in [4.69, 9.17) is 0 Å². The Labute approximate surface area is 132 Å². The first-order valence-electron chi connectivity index (χ1n) is 6.53. The average molecular weight is 342 g/mol. The maximum atomic E-state index is 13.1. The first-order valence-corrected chi connectivity index (χ1v) is 8.85. The van der Waals surface area contributed by atoms with Gasteiger partial charge in [-0.15, -0.1) is 11.3 Å². The maximum absolute atomic E-state index is 13.1. The molecule has 0 bridgehead atoms. The van der Waals surface area contributed by atoms with E-state index in [-0.39, 0.29) is 16.4 Å². The second kappa shape index (κ2) is 6.89. The molecule has 2 aromatic rings. The largest absolute Gasteiger partial charge is 0.355 e. The number of nitrogens with one attached hydrogen (secondary N) is 1. The van der Waals surface area contributed by atoms with Crippen LogP contribution < -0.4 is 9.62 Å². The molecule has 0 atom stereocenters. The Balaban J connectivity index is 2.41. The van der Waals surface area contributed by atoms with Gasteiger partial charge in [-0.1, -0.05) is 6.07 Å². The second-order valence-electron chi connectivity index (χ2n) is 4.37. The number of hydrogen-bond acceptors (Lipinski definition) is 4. The van der Waals surface area contributed by atoms with E-state index >= 15 is 0 Å². The van der Waals surface area contributed by atoms with Crippen LogP contribution in [-0.2, 0) is 14.8 Å².